The number of methoxy groups -OCH3 is 1. The zero-order chi connectivity index (χ0) is 12.8. The van der Waals surface area contributed by atoms with Gasteiger partial charge in [-0.1, -0.05) is 6.92 Å². The maximum absolute atomic E-state index is 5.01. The Hall–Kier alpha value is -2.11. The van der Waals surface area contributed by atoms with Crippen molar-refractivity contribution in [2.75, 3.05) is 12.4 Å². The van der Waals surface area contributed by atoms with Crippen molar-refractivity contribution in [3.8, 4) is 5.88 Å². The molecule has 1 N–H and O–H groups in total. The summed E-state index contributed by atoms with van der Waals surface area (Å²) in [6.45, 7) is 3.64. The van der Waals surface area contributed by atoms with Gasteiger partial charge in [0.2, 0.25) is 5.88 Å². The first-order valence-corrected chi connectivity index (χ1v) is 5.94. The second kappa shape index (κ2) is 6.00. The van der Waals surface area contributed by atoms with Crippen LogP contribution in [0.1, 0.15) is 19.2 Å². The number of nitrogens with one attached hydrogen (secondary N) is 1. The van der Waals surface area contributed by atoms with E-state index in [-0.39, 0.29) is 0 Å². The first kappa shape index (κ1) is 12.3. The number of pyridine rings is 1. The van der Waals surface area contributed by atoms with E-state index < -0.39 is 0 Å². The van der Waals surface area contributed by atoms with Crippen LogP contribution in [0.3, 0.4) is 0 Å². The van der Waals surface area contributed by atoms with Crippen molar-refractivity contribution in [1.29, 1.82) is 0 Å². The van der Waals surface area contributed by atoms with Gasteiger partial charge in [-0.25, -0.2) is 14.6 Å². The third-order valence-electron chi connectivity index (χ3n) is 2.53. The minimum absolute atomic E-state index is 0.606. The number of hydrogen-bond donors (Lipinski definition) is 1. The van der Waals surface area contributed by atoms with Crippen molar-refractivity contribution >= 4 is 5.69 Å². The van der Waals surface area contributed by atoms with Gasteiger partial charge in [-0.15, -0.1) is 0 Å². The largest absolute Gasteiger partial charge is 0.481 e. The topological polar surface area (TPSA) is 64.9 Å². The van der Waals surface area contributed by atoms with Gasteiger partial charge in [-0.05, 0) is 12.5 Å². The molecular formula is C12H17N5O. The standard InChI is InChI=1S/C12H17N5O/c1-3-6-17-11(15-9-16-17)8-13-10-4-5-12(18-2)14-7-10/h4-5,7,9,13H,3,6,8H2,1-2H3. The molecule has 6 heteroatoms. The molecule has 0 saturated heterocycles. The van der Waals surface area contributed by atoms with E-state index in [1.165, 1.54) is 0 Å². The molecule has 0 unspecified atom stereocenters. The minimum Gasteiger partial charge on any atom is -0.481 e. The quantitative estimate of drug-likeness (QED) is 0.841. The van der Waals surface area contributed by atoms with E-state index in [4.69, 9.17) is 4.74 Å². The van der Waals surface area contributed by atoms with Crippen LogP contribution < -0.4 is 10.1 Å². The van der Waals surface area contributed by atoms with Gasteiger partial charge >= 0.3 is 0 Å². The van der Waals surface area contributed by atoms with E-state index in [1.54, 1.807) is 19.6 Å². The summed E-state index contributed by atoms with van der Waals surface area (Å²) >= 11 is 0. The summed E-state index contributed by atoms with van der Waals surface area (Å²) in [6.07, 6.45) is 4.36. The van der Waals surface area contributed by atoms with Crippen molar-refractivity contribution < 1.29 is 4.74 Å². The second-order valence-corrected chi connectivity index (χ2v) is 3.84. The Morgan fingerprint density at radius 2 is 2.22 bits per heavy atom. The molecule has 0 radical (unpaired) electrons. The van der Waals surface area contributed by atoms with Crippen molar-refractivity contribution in [1.82, 2.24) is 19.7 Å². The lowest BCUT2D eigenvalue weighted by atomic mass is 10.4. The molecule has 2 rings (SSSR count). The van der Waals surface area contributed by atoms with Crippen LogP contribution in [-0.4, -0.2) is 26.9 Å². The normalized spacial score (nSPS) is 10.3. The number of ether oxygens (including phenoxy) is 1. The third-order valence-corrected chi connectivity index (χ3v) is 2.53. The molecule has 6 nitrogen and oxygen atoms in total. The van der Waals surface area contributed by atoms with Crippen LogP contribution in [0.4, 0.5) is 5.69 Å². The molecule has 0 aromatic carbocycles. The molecule has 2 aromatic rings. The Morgan fingerprint density at radius 3 is 2.89 bits per heavy atom. The number of aromatic nitrogens is 4. The maximum Gasteiger partial charge on any atom is 0.213 e. The molecule has 0 fully saturated rings. The summed E-state index contributed by atoms with van der Waals surface area (Å²) in [5.41, 5.74) is 0.932. The highest BCUT2D eigenvalue weighted by molar-refractivity contribution is 5.41. The number of nitrogens with zero attached hydrogens (tertiary/aromatic N) is 4. The minimum atomic E-state index is 0.606. The molecule has 0 atom stereocenters. The highest BCUT2D eigenvalue weighted by Crippen LogP contribution is 2.11. The van der Waals surface area contributed by atoms with Gasteiger partial charge in [-0.3, -0.25) is 0 Å². The van der Waals surface area contributed by atoms with E-state index in [0.29, 0.717) is 12.4 Å². The molecule has 96 valence electrons. The fourth-order valence-corrected chi connectivity index (χ4v) is 1.61. The van der Waals surface area contributed by atoms with E-state index in [9.17, 15) is 0 Å². The van der Waals surface area contributed by atoms with E-state index in [2.05, 4.69) is 27.3 Å². The lowest BCUT2D eigenvalue weighted by molar-refractivity contribution is 0.398. The van der Waals surface area contributed by atoms with Crippen molar-refractivity contribution in [2.45, 2.75) is 26.4 Å². The fourth-order valence-electron chi connectivity index (χ4n) is 1.61. The molecule has 0 saturated carbocycles. The summed E-state index contributed by atoms with van der Waals surface area (Å²) < 4.78 is 6.91. The molecule has 2 heterocycles. The van der Waals surface area contributed by atoms with Gasteiger partial charge in [0.15, 0.2) is 0 Å². The average Bonchev–Trinajstić information content (AvgIpc) is 2.85. The summed E-state index contributed by atoms with van der Waals surface area (Å²) in [5.74, 6) is 1.53. The lowest BCUT2D eigenvalue weighted by Crippen LogP contribution is -2.10. The van der Waals surface area contributed by atoms with Gasteiger partial charge in [0.1, 0.15) is 12.2 Å². The van der Waals surface area contributed by atoms with Gasteiger partial charge in [-0.2, -0.15) is 5.10 Å². The Morgan fingerprint density at radius 1 is 1.33 bits per heavy atom. The Bertz CT molecular complexity index is 479. The van der Waals surface area contributed by atoms with Crippen LogP contribution in [0.25, 0.3) is 0 Å². The third kappa shape index (κ3) is 2.97. The highest BCUT2D eigenvalue weighted by Gasteiger charge is 2.03. The van der Waals surface area contributed by atoms with E-state index >= 15 is 0 Å². The second-order valence-electron chi connectivity index (χ2n) is 3.84. The number of aryl methyl sites for hydroxylation is 1. The zero-order valence-electron chi connectivity index (χ0n) is 10.6. The molecular weight excluding hydrogens is 230 g/mol. The smallest absolute Gasteiger partial charge is 0.213 e. The van der Waals surface area contributed by atoms with Crippen LogP contribution in [-0.2, 0) is 13.1 Å². The lowest BCUT2D eigenvalue weighted by Gasteiger charge is -2.07. The maximum atomic E-state index is 5.01. The van der Waals surface area contributed by atoms with Crippen molar-refractivity contribution in [3.05, 3.63) is 30.5 Å². The number of rotatable bonds is 6. The highest BCUT2D eigenvalue weighted by atomic mass is 16.5. The summed E-state index contributed by atoms with van der Waals surface area (Å²) in [6, 6.07) is 3.74. The summed E-state index contributed by atoms with van der Waals surface area (Å²) in [4.78, 5) is 8.36. The van der Waals surface area contributed by atoms with E-state index in [0.717, 1.165) is 24.5 Å². The van der Waals surface area contributed by atoms with Gasteiger partial charge in [0.25, 0.3) is 0 Å². The first-order chi connectivity index (χ1) is 8.83. The number of anilines is 1. The Kier molecular flexibility index (Phi) is 4.11. The Labute approximate surface area is 106 Å². The van der Waals surface area contributed by atoms with Gasteiger partial charge < -0.3 is 10.1 Å². The van der Waals surface area contributed by atoms with Crippen LogP contribution in [0, 0.1) is 0 Å². The molecule has 18 heavy (non-hydrogen) atoms. The molecule has 0 aliphatic heterocycles. The van der Waals surface area contributed by atoms with E-state index in [1.807, 2.05) is 16.8 Å². The van der Waals surface area contributed by atoms with Gasteiger partial charge in [0, 0.05) is 12.6 Å². The SMILES string of the molecule is CCCn1ncnc1CNc1ccc(OC)nc1. The molecule has 0 bridgehead atoms. The predicted octanol–water partition coefficient (Wildman–Crippen LogP) is 1.70. The van der Waals surface area contributed by atoms with Crippen LogP contribution in [0.15, 0.2) is 24.7 Å². The molecule has 0 amide bonds. The predicted molar refractivity (Wildman–Crippen MR) is 68.4 cm³/mol. The van der Waals surface area contributed by atoms with Crippen molar-refractivity contribution in [2.24, 2.45) is 0 Å². The fraction of sp³-hybridized carbons (Fsp3) is 0.417. The average molecular weight is 247 g/mol. The van der Waals surface area contributed by atoms with Crippen LogP contribution in [0.5, 0.6) is 5.88 Å². The molecule has 0 aliphatic rings. The molecule has 2 aromatic heterocycles. The molecule has 0 spiro atoms. The summed E-state index contributed by atoms with van der Waals surface area (Å²) in [7, 11) is 1.60. The first-order valence-electron chi connectivity index (χ1n) is 5.94. The van der Waals surface area contributed by atoms with Crippen LogP contribution in [0.2, 0.25) is 0 Å². The Balaban J connectivity index is 1.95. The molecule has 0 aliphatic carbocycles. The summed E-state index contributed by atoms with van der Waals surface area (Å²) in [5, 5.41) is 7.43. The zero-order valence-corrected chi connectivity index (χ0v) is 10.6. The number of hydrogen-bond acceptors (Lipinski definition) is 5. The van der Waals surface area contributed by atoms with Crippen LogP contribution >= 0.6 is 0 Å². The monoisotopic (exact) mass is 247 g/mol. The van der Waals surface area contributed by atoms with Crippen molar-refractivity contribution in [3.63, 3.8) is 0 Å². The van der Waals surface area contributed by atoms with Gasteiger partial charge in [0.05, 0.1) is 25.5 Å².